The van der Waals surface area contributed by atoms with Crippen LogP contribution in [0.5, 0.6) is 0 Å². The van der Waals surface area contributed by atoms with E-state index in [1.165, 1.54) is 0 Å². The Bertz CT molecular complexity index is 159. The van der Waals surface area contributed by atoms with E-state index in [0.29, 0.717) is 13.0 Å². The van der Waals surface area contributed by atoms with Crippen molar-refractivity contribution in [1.29, 1.82) is 0 Å². The van der Waals surface area contributed by atoms with E-state index in [0.717, 1.165) is 6.54 Å². The third-order valence-electron chi connectivity index (χ3n) is 2.12. The molecule has 1 saturated heterocycles. The molecule has 1 fully saturated rings. The van der Waals surface area contributed by atoms with Crippen molar-refractivity contribution < 1.29 is 9.90 Å². The van der Waals surface area contributed by atoms with Gasteiger partial charge in [-0.1, -0.05) is 13.8 Å². The first-order valence-corrected chi connectivity index (χ1v) is 4.04. The summed E-state index contributed by atoms with van der Waals surface area (Å²) in [6.45, 7) is 4.80. The summed E-state index contributed by atoms with van der Waals surface area (Å²) >= 11 is 0. The van der Waals surface area contributed by atoms with Gasteiger partial charge >= 0.3 is 0 Å². The second-order valence-corrected chi connectivity index (χ2v) is 3.48. The van der Waals surface area contributed by atoms with Crippen LogP contribution >= 0.6 is 0 Å². The van der Waals surface area contributed by atoms with Crippen LogP contribution in [0.3, 0.4) is 0 Å². The number of carbonyl (C=O) groups is 1. The predicted octanol–water partition coefficient (Wildman–Crippen LogP) is -0.0641. The second-order valence-electron chi connectivity index (χ2n) is 3.48. The molecule has 0 aromatic rings. The van der Waals surface area contributed by atoms with Gasteiger partial charge < -0.3 is 10.4 Å². The van der Waals surface area contributed by atoms with Crippen LogP contribution < -0.4 is 5.32 Å². The summed E-state index contributed by atoms with van der Waals surface area (Å²) in [5.74, 6) is -0.109. The normalized spacial score (nSPS) is 31.3. The Labute approximate surface area is 66.8 Å². The average Bonchev–Trinajstić information content (AvgIpc) is 2.35. The molecule has 0 aliphatic carbocycles. The summed E-state index contributed by atoms with van der Waals surface area (Å²) in [4.78, 5) is 11.4. The third-order valence-corrected chi connectivity index (χ3v) is 2.12. The molecule has 2 N–H and O–H groups in total. The van der Waals surface area contributed by atoms with Crippen LogP contribution in [-0.4, -0.2) is 29.6 Å². The highest BCUT2D eigenvalue weighted by Crippen LogP contribution is 2.19. The monoisotopic (exact) mass is 157 g/mol. The van der Waals surface area contributed by atoms with E-state index in [1.807, 2.05) is 13.8 Å². The Morgan fingerprint density at radius 2 is 2.27 bits per heavy atom. The summed E-state index contributed by atoms with van der Waals surface area (Å²) in [6, 6.07) is 0. The average molecular weight is 157 g/mol. The number of aliphatic hydroxyl groups is 1. The largest absolute Gasteiger partial charge is 0.381 e. The van der Waals surface area contributed by atoms with Gasteiger partial charge in [-0.2, -0.15) is 0 Å². The minimum Gasteiger partial charge on any atom is -0.381 e. The maximum Gasteiger partial charge on any atom is 0.168 e. The number of hydrogen-bond acceptors (Lipinski definition) is 3. The topological polar surface area (TPSA) is 49.3 Å². The summed E-state index contributed by atoms with van der Waals surface area (Å²) in [5, 5.41) is 12.7. The molecule has 3 heteroatoms. The van der Waals surface area contributed by atoms with E-state index >= 15 is 0 Å². The molecule has 3 nitrogen and oxygen atoms in total. The summed E-state index contributed by atoms with van der Waals surface area (Å²) in [5.41, 5.74) is -1.08. The van der Waals surface area contributed by atoms with E-state index in [4.69, 9.17) is 0 Å². The van der Waals surface area contributed by atoms with Gasteiger partial charge in [0, 0.05) is 12.5 Å². The van der Waals surface area contributed by atoms with Gasteiger partial charge in [-0.15, -0.1) is 0 Å². The SMILES string of the molecule is CC(C)C(=O)C1(O)CCNC1. The highest BCUT2D eigenvalue weighted by molar-refractivity contribution is 5.89. The van der Waals surface area contributed by atoms with E-state index in [1.54, 1.807) is 0 Å². The van der Waals surface area contributed by atoms with Gasteiger partial charge in [0.2, 0.25) is 0 Å². The van der Waals surface area contributed by atoms with E-state index in [9.17, 15) is 9.90 Å². The molecular weight excluding hydrogens is 142 g/mol. The van der Waals surface area contributed by atoms with Crippen molar-refractivity contribution >= 4 is 5.78 Å². The van der Waals surface area contributed by atoms with Crippen LogP contribution in [0.15, 0.2) is 0 Å². The first-order valence-electron chi connectivity index (χ1n) is 4.04. The molecule has 11 heavy (non-hydrogen) atoms. The van der Waals surface area contributed by atoms with Crippen LogP contribution in [-0.2, 0) is 4.79 Å². The molecule has 1 aliphatic heterocycles. The van der Waals surface area contributed by atoms with Crippen molar-refractivity contribution in [2.24, 2.45) is 5.92 Å². The molecule has 0 bridgehead atoms. The fourth-order valence-corrected chi connectivity index (χ4v) is 1.43. The lowest BCUT2D eigenvalue weighted by Gasteiger charge is -2.21. The smallest absolute Gasteiger partial charge is 0.168 e. The van der Waals surface area contributed by atoms with Gasteiger partial charge in [-0.25, -0.2) is 0 Å². The van der Waals surface area contributed by atoms with Crippen molar-refractivity contribution in [2.75, 3.05) is 13.1 Å². The van der Waals surface area contributed by atoms with E-state index in [-0.39, 0.29) is 11.7 Å². The maximum absolute atomic E-state index is 11.4. The molecule has 0 radical (unpaired) electrons. The number of β-amino-alcohol motifs (C(OH)–C–C–N with tert-alkyl or cyclic N) is 1. The molecule has 64 valence electrons. The number of ketones is 1. The summed E-state index contributed by atoms with van der Waals surface area (Å²) < 4.78 is 0. The fraction of sp³-hybridized carbons (Fsp3) is 0.875. The molecule has 1 aliphatic rings. The minimum absolute atomic E-state index is 0.0394. The number of hydrogen-bond donors (Lipinski definition) is 2. The lowest BCUT2D eigenvalue weighted by atomic mass is 9.90. The van der Waals surface area contributed by atoms with Gasteiger partial charge in [0.05, 0.1) is 0 Å². The molecule has 1 unspecified atom stereocenters. The van der Waals surface area contributed by atoms with Gasteiger partial charge in [-0.3, -0.25) is 4.79 Å². The standard InChI is InChI=1S/C8H15NO2/c1-6(2)7(10)8(11)3-4-9-5-8/h6,9,11H,3-5H2,1-2H3. The Balaban J connectivity index is 2.64. The van der Waals surface area contributed by atoms with Crippen LogP contribution in [0.1, 0.15) is 20.3 Å². The van der Waals surface area contributed by atoms with Gasteiger partial charge in [0.15, 0.2) is 5.78 Å². The van der Waals surface area contributed by atoms with Crippen LogP contribution in [0.2, 0.25) is 0 Å². The zero-order chi connectivity index (χ0) is 8.48. The highest BCUT2D eigenvalue weighted by Gasteiger charge is 2.39. The van der Waals surface area contributed by atoms with Gasteiger partial charge in [0.25, 0.3) is 0 Å². The molecule has 1 rings (SSSR count). The third kappa shape index (κ3) is 1.60. The number of rotatable bonds is 2. The Kier molecular flexibility index (Phi) is 2.30. The van der Waals surface area contributed by atoms with Crippen LogP contribution in [0.4, 0.5) is 0 Å². The predicted molar refractivity (Wildman–Crippen MR) is 42.3 cm³/mol. The quantitative estimate of drug-likeness (QED) is 0.590. The zero-order valence-corrected chi connectivity index (χ0v) is 7.05. The number of nitrogens with one attached hydrogen (secondary N) is 1. The molecule has 0 aromatic carbocycles. The number of Topliss-reactive ketones (excluding diaryl/α,β-unsaturated/α-hetero) is 1. The summed E-state index contributed by atoms with van der Waals surface area (Å²) in [7, 11) is 0. The van der Waals surface area contributed by atoms with Crippen LogP contribution in [0, 0.1) is 5.92 Å². The second kappa shape index (κ2) is 2.91. The lowest BCUT2D eigenvalue weighted by molar-refractivity contribution is -0.138. The highest BCUT2D eigenvalue weighted by atomic mass is 16.3. The molecule has 0 saturated carbocycles. The van der Waals surface area contributed by atoms with Crippen LogP contribution in [0.25, 0.3) is 0 Å². The Morgan fingerprint density at radius 3 is 2.64 bits per heavy atom. The Morgan fingerprint density at radius 1 is 1.64 bits per heavy atom. The van der Waals surface area contributed by atoms with Crippen molar-refractivity contribution in [3.63, 3.8) is 0 Å². The van der Waals surface area contributed by atoms with Crippen molar-refractivity contribution in [3.8, 4) is 0 Å². The van der Waals surface area contributed by atoms with Gasteiger partial charge in [-0.05, 0) is 13.0 Å². The molecule has 0 aromatic heterocycles. The first-order chi connectivity index (χ1) is 5.06. The van der Waals surface area contributed by atoms with Crippen molar-refractivity contribution in [1.82, 2.24) is 5.32 Å². The van der Waals surface area contributed by atoms with E-state index in [2.05, 4.69) is 5.32 Å². The minimum atomic E-state index is -1.08. The molecule has 0 amide bonds. The molecular formula is C8H15NO2. The summed E-state index contributed by atoms with van der Waals surface area (Å²) in [6.07, 6.45) is 0.560. The molecule has 1 atom stereocenters. The maximum atomic E-state index is 11.4. The van der Waals surface area contributed by atoms with Crippen molar-refractivity contribution in [3.05, 3.63) is 0 Å². The molecule has 1 heterocycles. The number of carbonyl (C=O) groups excluding carboxylic acids is 1. The lowest BCUT2D eigenvalue weighted by Crippen LogP contribution is -2.43. The van der Waals surface area contributed by atoms with E-state index < -0.39 is 5.60 Å². The zero-order valence-electron chi connectivity index (χ0n) is 7.05. The van der Waals surface area contributed by atoms with Gasteiger partial charge in [0.1, 0.15) is 5.60 Å². The fourth-order valence-electron chi connectivity index (χ4n) is 1.43. The molecule has 0 spiro atoms. The Hall–Kier alpha value is -0.410. The first kappa shape index (κ1) is 8.68. The van der Waals surface area contributed by atoms with Crippen molar-refractivity contribution in [2.45, 2.75) is 25.9 Å².